The number of halogens is 1. The Labute approximate surface area is 138 Å². The molecule has 2 amide bonds. The third-order valence-electron chi connectivity index (χ3n) is 3.47. The minimum absolute atomic E-state index is 0. The van der Waals surface area contributed by atoms with E-state index in [9.17, 15) is 9.59 Å². The van der Waals surface area contributed by atoms with Gasteiger partial charge in [0, 0.05) is 24.3 Å². The Morgan fingerprint density at radius 1 is 1.14 bits per heavy atom. The molecule has 0 unspecified atom stereocenters. The third-order valence-corrected chi connectivity index (χ3v) is 3.47. The van der Waals surface area contributed by atoms with Crippen molar-refractivity contribution in [2.24, 2.45) is 11.7 Å². The van der Waals surface area contributed by atoms with Crippen molar-refractivity contribution in [2.75, 3.05) is 18.4 Å². The largest absolute Gasteiger partial charge is 0.339 e. The summed E-state index contributed by atoms with van der Waals surface area (Å²) in [4.78, 5) is 25.8. The first-order chi connectivity index (χ1) is 9.90. The molecule has 0 saturated heterocycles. The first-order valence-electron chi connectivity index (χ1n) is 7.36. The topological polar surface area (TPSA) is 75.4 Å². The van der Waals surface area contributed by atoms with Crippen LogP contribution in [0, 0.1) is 5.92 Å². The van der Waals surface area contributed by atoms with Crippen LogP contribution in [-0.2, 0) is 4.79 Å². The van der Waals surface area contributed by atoms with Gasteiger partial charge in [0.15, 0.2) is 0 Å². The number of carbonyl (C=O) groups is 2. The number of anilines is 1. The Hall–Kier alpha value is -1.59. The highest BCUT2D eigenvalue weighted by atomic mass is 35.5. The molecule has 22 heavy (non-hydrogen) atoms. The van der Waals surface area contributed by atoms with E-state index in [2.05, 4.69) is 5.32 Å². The highest BCUT2D eigenvalue weighted by Gasteiger charge is 2.17. The van der Waals surface area contributed by atoms with Crippen LogP contribution in [0.1, 0.15) is 38.1 Å². The first kappa shape index (κ1) is 20.4. The second-order valence-electron chi connectivity index (χ2n) is 5.31. The monoisotopic (exact) mass is 327 g/mol. The number of rotatable bonds is 6. The Kier molecular flexibility index (Phi) is 8.75. The van der Waals surface area contributed by atoms with Gasteiger partial charge in [0.25, 0.3) is 5.91 Å². The fourth-order valence-corrected chi connectivity index (χ4v) is 1.92. The van der Waals surface area contributed by atoms with Gasteiger partial charge in [0.2, 0.25) is 5.91 Å². The lowest BCUT2D eigenvalue weighted by Gasteiger charge is -2.19. The molecule has 3 N–H and O–H groups in total. The summed E-state index contributed by atoms with van der Waals surface area (Å²) in [5, 5.41) is 2.76. The average molecular weight is 328 g/mol. The van der Waals surface area contributed by atoms with Crippen molar-refractivity contribution in [3.05, 3.63) is 29.8 Å². The molecular formula is C16H26ClN3O2. The van der Waals surface area contributed by atoms with Crippen LogP contribution in [0.15, 0.2) is 24.3 Å². The molecule has 0 aliphatic rings. The Bertz CT molecular complexity index is 485. The number of hydrogen-bond acceptors (Lipinski definition) is 3. The Balaban J connectivity index is 0.00000441. The number of benzene rings is 1. The molecule has 0 aliphatic heterocycles. The lowest BCUT2D eigenvalue weighted by molar-refractivity contribution is -0.118. The van der Waals surface area contributed by atoms with Crippen LogP contribution >= 0.6 is 12.4 Å². The molecule has 1 aromatic rings. The SMILES string of the molecule is CCN(CC)C(=O)c1ccc(NC(=O)[C@H](N)C(C)C)cc1.Cl. The third kappa shape index (κ3) is 5.31. The molecule has 0 bridgehead atoms. The highest BCUT2D eigenvalue weighted by Crippen LogP contribution is 2.12. The fourth-order valence-electron chi connectivity index (χ4n) is 1.92. The number of amides is 2. The van der Waals surface area contributed by atoms with Crippen molar-refractivity contribution in [2.45, 2.75) is 33.7 Å². The predicted molar refractivity (Wildman–Crippen MR) is 92.4 cm³/mol. The predicted octanol–water partition coefficient (Wildman–Crippen LogP) is 2.51. The molecule has 0 heterocycles. The van der Waals surface area contributed by atoms with Crippen LogP contribution in [0.4, 0.5) is 5.69 Å². The van der Waals surface area contributed by atoms with Crippen LogP contribution in [0.25, 0.3) is 0 Å². The van der Waals surface area contributed by atoms with Gasteiger partial charge in [-0.3, -0.25) is 9.59 Å². The summed E-state index contributed by atoms with van der Waals surface area (Å²) in [7, 11) is 0. The summed E-state index contributed by atoms with van der Waals surface area (Å²) in [6, 6.07) is 6.35. The zero-order valence-corrected chi connectivity index (χ0v) is 14.4. The molecule has 6 heteroatoms. The van der Waals surface area contributed by atoms with Crippen molar-refractivity contribution >= 4 is 29.9 Å². The van der Waals surface area contributed by atoms with Gasteiger partial charge < -0.3 is 16.0 Å². The maximum absolute atomic E-state index is 12.2. The number of nitrogens with zero attached hydrogens (tertiary/aromatic N) is 1. The molecule has 1 aromatic carbocycles. The smallest absolute Gasteiger partial charge is 0.253 e. The molecule has 0 saturated carbocycles. The number of hydrogen-bond donors (Lipinski definition) is 2. The molecule has 0 aromatic heterocycles. The van der Waals surface area contributed by atoms with Gasteiger partial charge in [-0.15, -0.1) is 12.4 Å². The molecule has 1 rings (SSSR count). The lowest BCUT2D eigenvalue weighted by atomic mass is 10.0. The summed E-state index contributed by atoms with van der Waals surface area (Å²) in [6.45, 7) is 9.05. The molecule has 5 nitrogen and oxygen atoms in total. The van der Waals surface area contributed by atoms with Crippen molar-refractivity contribution in [3.8, 4) is 0 Å². The quantitative estimate of drug-likeness (QED) is 0.843. The van der Waals surface area contributed by atoms with E-state index >= 15 is 0 Å². The molecule has 0 radical (unpaired) electrons. The van der Waals surface area contributed by atoms with Gasteiger partial charge in [-0.25, -0.2) is 0 Å². The van der Waals surface area contributed by atoms with Gasteiger partial charge in [-0.05, 0) is 44.0 Å². The van der Waals surface area contributed by atoms with Gasteiger partial charge >= 0.3 is 0 Å². The van der Waals surface area contributed by atoms with Crippen molar-refractivity contribution in [1.29, 1.82) is 0 Å². The van der Waals surface area contributed by atoms with E-state index in [1.165, 1.54) is 0 Å². The van der Waals surface area contributed by atoms with E-state index in [1.54, 1.807) is 29.2 Å². The van der Waals surface area contributed by atoms with Crippen LogP contribution in [0.2, 0.25) is 0 Å². The minimum Gasteiger partial charge on any atom is -0.339 e. The summed E-state index contributed by atoms with van der Waals surface area (Å²) in [5.74, 6) is -0.141. The molecule has 0 fully saturated rings. The maximum Gasteiger partial charge on any atom is 0.253 e. The minimum atomic E-state index is -0.540. The van der Waals surface area contributed by atoms with Gasteiger partial charge in [0.05, 0.1) is 6.04 Å². The average Bonchev–Trinajstić information content (AvgIpc) is 2.48. The summed E-state index contributed by atoms with van der Waals surface area (Å²) in [5.41, 5.74) is 7.05. The van der Waals surface area contributed by atoms with E-state index < -0.39 is 6.04 Å². The summed E-state index contributed by atoms with van der Waals surface area (Å²) >= 11 is 0. The fraction of sp³-hybridized carbons (Fsp3) is 0.500. The van der Waals surface area contributed by atoms with Crippen LogP contribution in [-0.4, -0.2) is 35.8 Å². The van der Waals surface area contributed by atoms with E-state index in [0.717, 1.165) is 0 Å². The molecule has 0 spiro atoms. The highest BCUT2D eigenvalue weighted by molar-refractivity contribution is 5.97. The summed E-state index contributed by atoms with van der Waals surface area (Å²) < 4.78 is 0. The number of carbonyl (C=O) groups excluding carboxylic acids is 2. The van der Waals surface area contributed by atoms with Crippen molar-refractivity contribution < 1.29 is 9.59 Å². The van der Waals surface area contributed by atoms with Gasteiger partial charge in [-0.2, -0.15) is 0 Å². The first-order valence-corrected chi connectivity index (χ1v) is 7.36. The molecule has 124 valence electrons. The van der Waals surface area contributed by atoms with Crippen LogP contribution in [0.3, 0.4) is 0 Å². The van der Waals surface area contributed by atoms with Gasteiger partial charge in [0.1, 0.15) is 0 Å². The van der Waals surface area contributed by atoms with E-state index in [0.29, 0.717) is 24.3 Å². The second-order valence-corrected chi connectivity index (χ2v) is 5.31. The summed E-state index contributed by atoms with van der Waals surface area (Å²) in [6.07, 6.45) is 0. The molecule has 0 aliphatic carbocycles. The van der Waals surface area contributed by atoms with Gasteiger partial charge in [-0.1, -0.05) is 13.8 Å². The van der Waals surface area contributed by atoms with E-state index in [-0.39, 0.29) is 30.1 Å². The number of nitrogens with one attached hydrogen (secondary N) is 1. The zero-order chi connectivity index (χ0) is 16.0. The number of nitrogens with two attached hydrogens (primary N) is 1. The van der Waals surface area contributed by atoms with Crippen molar-refractivity contribution in [1.82, 2.24) is 4.90 Å². The normalized spacial score (nSPS) is 11.5. The lowest BCUT2D eigenvalue weighted by Crippen LogP contribution is -2.39. The van der Waals surface area contributed by atoms with Crippen LogP contribution in [0.5, 0.6) is 0 Å². The van der Waals surface area contributed by atoms with E-state index in [1.807, 2.05) is 27.7 Å². The maximum atomic E-state index is 12.2. The van der Waals surface area contributed by atoms with E-state index in [4.69, 9.17) is 5.73 Å². The second kappa shape index (κ2) is 9.43. The molecular weight excluding hydrogens is 302 g/mol. The Morgan fingerprint density at radius 3 is 2.05 bits per heavy atom. The Morgan fingerprint density at radius 2 is 1.64 bits per heavy atom. The van der Waals surface area contributed by atoms with Crippen molar-refractivity contribution in [3.63, 3.8) is 0 Å². The zero-order valence-electron chi connectivity index (χ0n) is 13.6. The standard InChI is InChI=1S/C16H25N3O2.ClH/c1-5-19(6-2)16(21)12-7-9-13(10-8-12)18-15(20)14(17)11(3)4;/h7-11,14H,5-6,17H2,1-4H3,(H,18,20);1H/t14-;/m1./s1. The molecule has 1 atom stereocenters. The van der Waals surface area contributed by atoms with Crippen LogP contribution < -0.4 is 11.1 Å².